The van der Waals surface area contributed by atoms with E-state index in [1.54, 1.807) is 24.3 Å². The van der Waals surface area contributed by atoms with Crippen molar-refractivity contribution < 1.29 is 14.0 Å². The van der Waals surface area contributed by atoms with E-state index in [4.69, 9.17) is 16.0 Å². The van der Waals surface area contributed by atoms with Gasteiger partial charge in [-0.25, -0.2) is 0 Å². The Labute approximate surface area is 190 Å². The van der Waals surface area contributed by atoms with Crippen LogP contribution < -0.4 is 0 Å². The molecule has 0 bridgehead atoms. The number of carbonyl (C=O) groups is 2. The number of halogens is 1. The molecule has 1 aliphatic rings. The van der Waals surface area contributed by atoms with E-state index in [0.717, 1.165) is 29.5 Å². The number of carbonyl (C=O) groups excluding carboxylic acids is 2. The van der Waals surface area contributed by atoms with Crippen molar-refractivity contribution in [3.63, 3.8) is 0 Å². The third kappa shape index (κ3) is 4.99. The Bertz CT molecular complexity index is 1090. The molecule has 6 nitrogen and oxygen atoms in total. The van der Waals surface area contributed by atoms with Crippen molar-refractivity contribution in [2.24, 2.45) is 0 Å². The van der Waals surface area contributed by atoms with Crippen LogP contribution in [-0.4, -0.2) is 38.7 Å². The average molecular weight is 456 g/mol. The van der Waals surface area contributed by atoms with Crippen molar-refractivity contribution in [1.29, 1.82) is 0 Å². The van der Waals surface area contributed by atoms with Crippen molar-refractivity contribution in [3.8, 4) is 11.5 Å². The number of imide groups is 1. The topological polar surface area (TPSA) is 76.3 Å². The summed E-state index contributed by atoms with van der Waals surface area (Å²) in [6.07, 6.45) is 2.25. The molecule has 0 aliphatic carbocycles. The van der Waals surface area contributed by atoms with Gasteiger partial charge in [0.05, 0.1) is 5.25 Å². The van der Waals surface area contributed by atoms with Crippen LogP contribution in [0.2, 0.25) is 5.02 Å². The summed E-state index contributed by atoms with van der Waals surface area (Å²) in [6, 6.07) is 12.6. The van der Waals surface area contributed by atoms with Crippen LogP contribution in [-0.2, 0) is 4.79 Å². The maximum atomic E-state index is 13.2. The third-order valence-electron chi connectivity index (χ3n) is 5.09. The lowest BCUT2D eigenvalue weighted by molar-refractivity contribution is -0.127. The number of hydrogen-bond acceptors (Lipinski definition) is 6. The SMILES string of the molecule is Cc1cc(C)cc(-c2nnc(S[C@@H]3CCCCN(C(=O)c4ccc(Cl)cc4)C3=O)o2)c1. The van der Waals surface area contributed by atoms with Gasteiger partial charge in [0.2, 0.25) is 11.8 Å². The van der Waals surface area contributed by atoms with E-state index >= 15 is 0 Å². The van der Waals surface area contributed by atoms with E-state index in [0.29, 0.717) is 34.7 Å². The van der Waals surface area contributed by atoms with Gasteiger partial charge in [0.25, 0.3) is 11.1 Å². The fourth-order valence-corrected chi connectivity index (χ4v) is 4.76. The summed E-state index contributed by atoms with van der Waals surface area (Å²) in [5.41, 5.74) is 3.51. The molecule has 0 saturated carbocycles. The highest BCUT2D eigenvalue weighted by atomic mass is 35.5. The number of hydrogen-bond donors (Lipinski definition) is 0. The van der Waals surface area contributed by atoms with E-state index in [-0.39, 0.29) is 11.8 Å². The highest BCUT2D eigenvalue weighted by molar-refractivity contribution is 8.00. The van der Waals surface area contributed by atoms with Crippen LogP contribution in [0.15, 0.2) is 52.1 Å². The second-order valence-electron chi connectivity index (χ2n) is 7.65. The van der Waals surface area contributed by atoms with Crippen molar-refractivity contribution in [3.05, 3.63) is 64.2 Å². The Balaban J connectivity index is 1.51. The minimum atomic E-state index is -0.453. The lowest BCUT2D eigenvalue weighted by Gasteiger charge is -2.21. The highest BCUT2D eigenvalue weighted by Gasteiger charge is 2.33. The van der Waals surface area contributed by atoms with Crippen LogP contribution in [0, 0.1) is 13.8 Å². The van der Waals surface area contributed by atoms with Crippen LogP contribution in [0.4, 0.5) is 0 Å². The van der Waals surface area contributed by atoms with Crippen LogP contribution in [0.25, 0.3) is 11.5 Å². The normalized spacial score (nSPS) is 16.9. The minimum Gasteiger partial charge on any atom is -0.411 e. The van der Waals surface area contributed by atoms with Gasteiger partial charge in [-0.3, -0.25) is 14.5 Å². The molecule has 1 fully saturated rings. The Hall–Kier alpha value is -2.64. The second kappa shape index (κ2) is 9.24. The van der Waals surface area contributed by atoms with Gasteiger partial charge in [0.1, 0.15) is 0 Å². The monoisotopic (exact) mass is 455 g/mol. The van der Waals surface area contributed by atoms with Gasteiger partial charge in [-0.1, -0.05) is 47.0 Å². The molecule has 0 spiro atoms. The van der Waals surface area contributed by atoms with E-state index in [9.17, 15) is 9.59 Å². The van der Waals surface area contributed by atoms with Gasteiger partial charge < -0.3 is 4.42 Å². The van der Waals surface area contributed by atoms with E-state index in [2.05, 4.69) is 16.3 Å². The van der Waals surface area contributed by atoms with Crippen LogP contribution in [0.1, 0.15) is 40.7 Å². The van der Waals surface area contributed by atoms with E-state index in [1.807, 2.05) is 26.0 Å². The summed E-state index contributed by atoms with van der Waals surface area (Å²) in [7, 11) is 0. The summed E-state index contributed by atoms with van der Waals surface area (Å²) in [4.78, 5) is 27.4. The molecule has 0 radical (unpaired) electrons. The molecule has 2 heterocycles. The zero-order chi connectivity index (χ0) is 22.0. The molecule has 1 aliphatic heterocycles. The number of aryl methyl sites for hydroxylation is 2. The largest absolute Gasteiger partial charge is 0.411 e. The maximum Gasteiger partial charge on any atom is 0.277 e. The molecule has 1 atom stereocenters. The molecule has 2 aromatic carbocycles. The van der Waals surface area contributed by atoms with Gasteiger partial charge >= 0.3 is 0 Å². The first kappa shape index (κ1) is 21.6. The van der Waals surface area contributed by atoms with Crippen LogP contribution in [0.3, 0.4) is 0 Å². The average Bonchev–Trinajstić information content (AvgIpc) is 3.13. The van der Waals surface area contributed by atoms with Gasteiger partial charge in [-0.2, -0.15) is 0 Å². The number of amides is 2. The molecular weight excluding hydrogens is 434 g/mol. The Morgan fingerprint density at radius 2 is 1.81 bits per heavy atom. The minimum absolute atomic E-state index is 0.228. The van der Waals surface area contributed by atoms with Gasteiger partial charge in [0.15, 0.2) is 0 Å². The van der Waals surface area contributed by atoms with Gasteiger partial charge in [-0.05, 0) is 63.1 Å². The van der Waals surface area contributed by atoms with Crippen molar-refractivity contribution in [1.82, 2.24) is 15.1 Å². The lowest BCUT2D eigenvalue weighted by Crippen LogP contribution is -2.41. The number of aromatic nitrogens is 2. The quantitative estimate of drug-likeness (QED) is 0.495. The highest BCUT2D eigenvalue weighted by Crippen LogP contribution is 2.32. The molecule has 1 aromatic heterocycles. The standard InChI is InChI=1S/C23H22ClN3O3S/c1-14-11-15(2)13-17(12-14)20-25-26-23(30-20)31-19-5-3-4-10-27(22(19)29)21(28)16-6-8-18(24)9-7-16/h6-9,11-13,19H,3-5,10H2,1-2H3/t19-/m1/s1. The molecule has 31 heavy (non-hydrogen) atoms. The molecule has 2 amide bonds. The molecule has 1 saturated heterocycles. The predicted octanol–water partition coefficient (Wildman–Crippen LogP) is 5.32. The molecule has 3 aromatic rings. The zero-order valence-corrected chi connectivity index (χ0v) is 18.9. The Morgan fingerprint density at radius 3 is 2.52 bits per heavy atom. The smallest absolute Gasteiger partial charge is 0.277 e. The van der Waals surface area contributed by atoms with Crippen molar-refractivity contribution in [2.45, 2.75) is 43.6 Å². The molecule has 4 rings (SSSR count). The fraction of sp³-hybridized carbons (Fsp3) is 0.304. The second-order valence-corrected chi connectivity index (χ2v) is 9.24. The molecule has 8 heteroatoms. The first-order valence-corrected chi connectivity index (χ1v) is 11.4. The van der Waals surface area contributed by atoms with E-state index < -0.39 is 5.25 Å². The number of thioether (sulfide) groups is 1. The number of likely N-dealkylation sites (tertiary alicyclic amines) is 1. The zero-order valence-electron chi connectivity index (χ0n) is 17.3. The van der Waals surface area contributed by atoms with Gasteiger partial charge in [-0.15, -0.1) is 10.2 Å². The molecular formula is C23H22ClN3O3S. The van der Waals surface area contributed by atoms with E-state index in [1.165, 1.54) is 16.7 Å². The number of benzene rings is 2. The summed E-state index contributed by atoms with van der Waals surface area (Å²) in [5.74, 6) is -0.117. The molecule has 0 unspecified atom stereocenters. The van der Waals surface area contributed by atoms with Crippen LogP contribution in [0.5, 0.6) is 0 Å². The Morgan fingerprint density at radius 1 is 1.10 bits per heavy atom. The number of rotatable bonds is 4. The molecule has 160 valence electrons. The fourth-order valence-electron chi connectivity index (χ4n) is 3.66. The first-order valence-electron chi connectivity index (χ1n) is 10.1. The molecule has 0 N–H and O–H groups in total. The van der Waals surface area contributed by atoms with Crippen molar-refractivity contribution in [2.75, 3.05) is 6.54 Å². The summed E-state index contributed by atoms with van der Waals surface area (Å²) >= 11 is 7.14. The first-order chi connectivity index (χ1) is 14.9. The summed E-state index contributed by atoms with van der Waals surface area (Å²) in [6.45, 7) is 4.42. The maximum absolute atomic E-state index is 13.2. The van der Waals surface area contributed by atoms with Crippen molar-refractivity contribution >= 4 is 35.2 Å². The van der Waals surface area contributed by atoms with Gasteiger partial charge in [0, 0.05) is 22.7 Å². The number of nitrogens with zero attached hydrogens (tertiary/aromatic N) is 3. The lowest BCUT2D eigenvalue weighted by atomic mass is 10.1. The third-order valence-corrected chi connectivity index (χ3v) is 6.43. The summed E-state index contributed by atoms with van der Waals surface area (Å²) < 4.78 is 5.84. The summed E-state index contributed by atoms with van der Waals surface area (Å²) in [5, 5.41) is 8.69. The van der Waals surface area contributed by atoms with Crippen LogP contribution >= 0.6 is 23.4 Å². The Kier molecular flexibility index (Phi) is 6.43. The predicted molar refractivity (Wildman–Crippen MR) is 120 cm³/mol.